The van der Waals surface area contributed by atoms with Crippen LogP contribution in [-0.2, 0) is 0 Å². The highest BCUT2D eigenvalue weighted by Crippen LogP contribution is 2.26. The molecular weight excluding hydrogens is 166 g/mol. The van der Waals surface area contributed by atoms with Crippen molar-refractivity contribution in [1.29, 1.82) is 10.8 Å². The first-order valence-corrected chi connectivity index (χ1v) is 4.22. The van der Waals surface area contributed by atoms with Crippen LogP contribution < -0.4 is 16.8 Å². The van der Waals surface area contributed by atoms with E-state index in [4.69, 9.17) is 22.3 Å². The Hall–Kier alpha value is -1.10. The number of nitrogens with one attached hydrogen (secondary N) is 3. The maximum absolute atomic E-state index is 7.31. The van der Waals surface area contributed by atoms with Gasteiger partial charge in [-0.2, -0.15) is 0 Å². The molecular formula is C8H19N5. The molecule has 0 amide bonds. The molecule has 0 aromatic rings. The maximum atomic E-state index is 7.31. The monoisotopic (exact) mass is 185 g/mol. The molecule has 0 heterocycles. The Morgan fingerprint density at radius 1 is 1.54 bits per heavy atom. The highest BCUT2D eigenvalue weighted by molar-refractivity contribution is 5.75. The number of guanidine groups is 1. The van der Waals surface area contributed by atoms with Gasteiger partial charge in [0.25, 0.3) is 0 Å². The fraction of sp³-hybridized carbons (Fsp3) is 0.750. The van der Waals surface area contributed by atoms with Crippen LogP contribution >= 0.6 is 0 Å². The van der Waals surface area contributed by atoms with Crippen LogP contribution in [0.4, 0.5) is 0 Å². The summed E-state index contributed by atoms with van der Waals surface area (Å²) in [5.74, 6) is 0.0491. The van der Waals surface area contributed by atoms with Crippen LogP contribution in [0.3, 0.4) is 0 Å². The maximum Gasteiger partial charge on any atom is 0.186 e. The average Bonchev–Trinajstić information content (AvgIpc) is 2.01. The number of hydrogen-bond donors (Lipinski definition) is 5. The van der Waals surface area contributed by atoms with Crippen molar-refractivity contribution in [2.45, 2.75) is 26.9 Å². The summed E-state index contributed by atoms with van der Waals surface area (Å²) in [5, 5.41) is 16.9. The Balaban J connectivity index is 4.56. The molecule has 0 radical (unpaired) electrons. The van der Waals surface area contributed by atoms with Crippen molar-refractivity contribution in [3.63, 3.8) is 0 Å². The second-order valence-electron chi connectivity index (χ2n) is 3.70. The second kappa shape index (κ2) is 4.23. The highest BCUT2D eigenvalue weighted by Gasteiger charge is 2.33. The van der Waals surface area contributed by atoms with E-state index in [1.54, 1.807) is 0 Å². The predicted molar refractivity (Wildman–Crippen MR) is 54.8 cm³/mol. The van der Waals surface area contributed by atoms with Crippen LogP contribution in [0.5, 0.6) is 0 Å². The van der Waals surface area contributed by atoms with Crippen molar-refractivity contribution in [2.75, 3.05) is 0 Å². The molecule has 7 N–H and O–H groups in total. The van der Waals surface area contributed by atoms with E-state index in [-0.39, 0.29) is 11.9 Å². The van der Waals surface area contributed by atoms with Gasteiger partial charge in [-0.25, -0.2) is 0 Å². The molecule has 0 unspecified atom stereocenters. The molecule has 0 fully saturated rings. The van der Waals surface area contributed by atoms with E-state index in [0.29, 0.717) is 0 Å². The van der Waals surface area contributed by atoms with Gasteiger partial charge in [-0.1, -0.05) is 20.8 Å². The van der Waals surface area contributed by atoms with Crippen LogP contribution in [0, 0.1) is 22.2 Å². The van der Waals surface area contributed by atoms with Gasteiger partial charge >= 0.3 is 0 Å². The summed E-state index contributed by atoms with van der Waals surface area (Å²) < 4.78 is 0. The summed E-state index contributed by atoms with van der Waals surface area (Å²) in [6.07, 6.45) is 0.806. The summed E-state index contributed by atoms with van der Waals surface area (Å²) in [5.41, 5.74) is 10.5. The van der Waals surface area contributed by atoms with Gasteiger partial charge in [-0.15, -0.1) is 0 Å². The van der Waals surface area contributed by atoms with Gasteiger partial charge in [0, 0.05) is 11.6 Å². The molecule has 5 nitrogen and oxygen atoms in total. The Morgan fingerprint density at radius 3 is 2.23 bits per heavy atom. The fourth-order valence-corrected chi connectivity index (χ4v) is 0.939. The first-order chi connectivity index (χ1) is 5.84. The lowest BCUT2D eigenvalue weighted by Crippen LogP contribution is -2.56. The van der Waals surface area contributed by atoms with Crippen LogP contribution in [0.2, 0.25) is 0 Å². The molecule has 0 aliphatic rings. The summed E-state index contributed by atoms with van der Waals surface area (Å²) in [6.45, 7) is 5.82. The number of rotatable bonds is 4. The van der Waals surface area contributed by atoms with Gasteiger partial charge < -0.3 is 22.2 Å². The molecule has 0 bridgehead atoms. The highest BCUT2D eigenvalue weighted by atomic mass is 15.1. The first kappa shape index (κ1) is 11.9. The Bertz CT molecular complexity index is 201. The molecule has 0 saturated carbocycles. The molecule has 0 aliphatic heterocycles. The third-order valence-corrected chi connectivity index (χ3v) is 2.54. The van der Waals surface area contributed by atoms with Crippen molar-refractivity contribution in [2.24, 2.45) is 22.8 Å². The normalized spacial score (nSPS) is 17.6. The van der Waals surface area contributed by atoms with E-state index in [2.05, 4.69) is 5.32 Å². The molecule has 13 heavy (non-hydrogen) atoms. The smallest absolute Gasteiger partial charge is 0.186 e. The van der Waals surface area contributed by atoms with Crippen molar-refractivity contribution < 1.29 is 0 Å². The van der Waals surface area contributed by atoms with Crippen molar-refractivity contribution in [1.82, 2.24) is 5.32 Å². The molecule has 0 saturated heterocycles. The van der Waals surface area contributed by atoms with Crippen LogP contribution in [-0.4, -0.2) is 18.3 Å². The summed E-state index contributed by atoms with van der Waals surface area (Å²) in [6, 6.07) is 0. The Morgan fingerprint density at radius 2 is 2.00 bits per heavy atom. The lowest BCUT2D eigenvalue weighted by molar-refractivity contribution is 0.258. The van der Waals surface area contributed by atoms with Gasteiger partial charge in [-0.3, -0.25) is 5.41 Å². The lowest BCUT2D eigenvalue weighted by atomic mass is 9.77. The molecule has 5 heteroatoms. The second-order valence-corrected chi connectivity index (χ2v) is 3.70. The molecule has 0 aromatic heterocycles. The topological polar surface area (TPSA) is 112 Å². The van der Waals surface area contributed by atoms with E-state index in [1.165, 1.54) is 6.21 Å². The molecule has 2 atom stereocenters. The largest absolute Gasteiger partial charge is 0.370 e. The van der Waals surface area contributed by atoms with Gasteiger partial charge in [0.15, 0.2) is 5.96 Å². The Kier molecular flexibility index (Phi) is 3.87. The van der Waals surface area contributed by atoms with Crippen LogP contribution in [0.25, 0.3) is 0 Å². The minimum absolute atomic E-state index is 0.166. The zero-order chi connectivity index (χ0) is 10.6. The van der Waals surface area contributed by atoms with Crippen molar-refractivity contribution in [3.8, 4) is 0 Å². The standard InChI is InChI=1S/C8H19N5/c1-5(2)8(3,4-9)6(10)13-7(11)12/h4-6,9H,10H2,1-3H3,(H4,11,12,13)/t6-,8+/m0/s1. The summed E-state index contributed by atoms with van der Waals surface area (Å²) >= 11 is 0. The fourth-order valence-electron chi connectivity index (χ4n) is 0.939. The van der Waals surface area contributed by atoms with E-state index >= 15 is 0 Å². The first-order valence-electron chi connectivity index (χ1n) is 4.22. The zero-order valence-electron chi connectivity index (χ0n) is 8.39. The van der Waals surface area contributed by atoms with Gasteiger partial charge in [0.1, 0.15) is 0 Å². The average molecular weight is 185 g/mol. The van der Waals surface area contributed by atoms with Gasteiger partial charge in [0.2, 0.25) is 0 Å². The van der Waals surface area contributed by atoms with Crippen molar-refractivity contribution >= 4 is 12.2 Å². The van der Waals surface area contributed by atoms with Gasteiger partial charge in [0.05, 0.1) is 6.17 Å². The molecule has 0 aliphatic carbocycles. The minimum Gasteiger partial charge on any atom is -0.370 e. The van der Waals surface area contributed by atoms with E-state index in [0.717, 1.165) is 0 Å². The quantitative estimate of drug-likeness (QED) is 0.242. The van der Waals surface area contributed by atoms with E-state index in [1.807, 2.05) is 20.8 Å². The van der Waals surface area contributed by atoms with Crippen LogP contribution in [0.1, 0.15) is 20.8 Å². The van der Waals surface area contributed by atoms with Crippen molar-refractivity contribution in [3.05, 3.63) is 0 Å². The molecule has 0 spiro atoms. The number of nitrogens with two attached hydrogens (primary N) is 2. The van der Waals surface area contributed by atoms with E-state index in [9.17, 15) is 0 Å². The summed E-state index contributed by atoms with van der Waals surface area (Å²) in [7, 11) is 0. The third-order valence-electron chi connectivity index (χ3n) is 2.54. The Labute approximate surface area is 78.9 Å². The zero-order valence-corrected chi connectivity index (χ0v) is 8.39. The SMILES string of the molecule is CC(C)[C@@](C)(C=N)[C@@H](N)NC(=N)N. The molecule has 0 aromatic carbocycles. The van der Waals surface area contributed by atoms with E-state index < -0.39 is 11.6 Å². The van der Waals surface area contributed by atoms with Gasteiger partial charge in [-0.05, 0) is 5.92 Å². The predicted octanol–water partition coefficient (Wildman–Crippen LogP) is 0.0661. The number of hydrogen-bond acceptors (Lipinski definition) is 3. The lowest BCUT2D eigenvalue weighted by Gasteiger charge is -2.35. The third kappa shape index (κ3) is 2.69. The summed E-state index contributed by atoms with van der Waals surface area (Å²) in [4.78, 5) is 0. The molecule has 76 valence electrons. The minimum atomic E-state index is -0.498. The molecule has 0 rings (SSSR count). The van der Waals surface area contributed by atoms with Crippen LogP contribution in [0.15, 0.2) is 0 Å².